The van der Waals surface area contributed by atoms with Crippen LogP contribution in [0, 0.1) is 0 Å². The van der Waals surface area contributed by atoms with Crippen LogP contribution in [0.25, 0.3) is 0 Å². The molecule has 0 saturated carbocycles. The Labute approximate surface area is 88.7 Å². The third-order valence-corrected chi connectivity index (χ3v) is 1.83. The Morgan fingerprint density at radius 1 is 1.27 bits per heavy atom. The number of rotatable bonds is 5. The second-order valence-corrected chi connectivity index (χ2v) is 3.42. The molecule has 0 heterocycles. The highest BCUT2D eigenvalue weighted by molar-refractivity contribution is 9.10. The van der Waals surface area contributed by atoms with E-state index < -0.39 is 36.2 Å². The highest BCUT2D eigenvalue weighted by Crippen LogP contribution is 2.41. The Morgan fingerprint density at radius 2 is 1.73 bits per heavy atom. The van der Waals surface area contributed by atoms with Crippen molar-refractivity contribution in [3.05, 3.63) is 0 Å². The second kappa shape index (κ2) is 5.04. The predicted molar refractivity (Wildman–Crippen MR) is 40.4 cm³/mol. The number of alkyl halides is 7. The molecule has 0 radical (unpaired) electrons. The summed E-state index contributed by atoms with van der Waals surface area (Å²) in [6, 6.07) is 0. The number of hydrogen-bond acceptors (Lipinski definition) is 2. The van der Waals surface area contributed by atoms with Gasteiger partial charge in [0.05, 0.1) is 13.0 Å². The van der Waals surface area contributed by atoms with Gasteiger partial charge in [-0.25, -0.2) is 4.79 Å². The van der Waals surface area contributed by atoms with Crippen LogP contribution >= 0.6 is 15.9 Å². The van der Waals surface area contributed by atoms with Crippen molar-refractivity contribution in [3.63, 3.8) is 0 Å². The maximum Gasteiger partial charge on any atom is 0.373 e. The lowest BCUT2D eigenvalue weighted by Crippen LogP contribution is -2.36. The van der Waals surface area contributed by atoms with Gasteiger partial charge in [-0.3, -0.25) is 0 Å². The molecule has 0 amide bonds. The van der Waals surface area contributed by atoms with Crippen molar-refractivity contribution in [2.45, 2.75) is 23.6 Å². The first-order chi connectivity index (χ1) is 6.58. The average Bonchev–Trinajstić information content (AvgIpc) is 2.01. The summed E-state index contributed by atoms with van der Waals surface area (Å²) in [4.78, 5) is 5.59. The summed E-state index contributed by atoms with van der Waals surface area (Å²) in [7, 11) is 0. The summed E-state index contributed by atoms with van der Waals surface area (Å²) < 4.78 is 75.5. The Kier molecular flexibility index (Phi) is 4.88. The molecule has 0 spiro atoms. The largest absolute Gasteiger partial charge is 0.461 e. The van der Waals surface area contributed by atoms with Crippen LogP contribution in [0.5, 0.6) is 0 Å². The van der Waals surface area contributed by atoms with E-state index >= 15 is 0 Å². The maximum atomic E-state index is 12.4. The van der Waals surface area contributed by atoms with Crippen LogP contribution in [-0.2, 0) is 9.53 Å². The fourth-order valence-electron chi connectivity index (χ4n) is 0.485. The number of carbonyl (C=O) groups excluding carboxylic acids is 1. The molecule has 0 rings (SSSR count). The smallest absolute Gasteiger partial charge is 0.373 e. The van der Waals surface area contributed by atoms with Crippen LogP contribution in [0.15, 0.2) is 0 Å². The Morgan fingerprint density at radius 3 is 2.07 bits per heavy atom. The predicted octanol–water partition coefficient (Wildman–Crippen LogP) is 2.81. The standard InChI is InChI=1S/C6H5BrF6O2/c7-6(12,13)5(10,11)1-2-15-4(14)3(8)9/h3H,1-2H2. The molecule has 0 unspecified atom stereocenters. The maximum absolute atomic E-state index is 12.4. The van der Waals surface area contributed by atoms with Gasteiger partial charge >= 0.3 is 23.1 Å². The average molecular weight is 303 g/mol. The van der Waals surface area contributed by atoms with E-state index in [1.165, 1.54) is 15.9 Å². The molecule has 0 fully saturated rings. The summed E-state index contributed by atoms with van der Waals surface area (Å²) in [5.74, 6) is -6.50. The molecule has 0 aromatic carbocycles. The minimum Gasteiger partial charge on any atom is -0.461 e. The molecule has 0 saturated heterocycles. The third-order valence-electron chi connectivity index (χ3n) is 1.25. The molecule has 15 heavy (non-hydrogen) atoms. The van der Waals surface area contributed by atoms with E-state index in [9.17, 15) is 31.1 Å². The molecule has 0 aromatic rings. The first-order valence-electron chi connectivity index (χ1n) is 3.47. The Balaban J connectivity index is 4.02. The normalized spacial score (nSPS) is 13.1. The second-order valence-electron chi connectivity index (χ2n) is 2.42. The summed E-state index contributed by atoms with van der Waals surface area (Å²) >= 11 is 1.42. The van der Waals surface area contributed by atoms with E-state index in [1.807, 2.05) is 0 Å². The van der Waals surface area contributed by atoms with Gasteiger partial charge in [0.2, 0.25) is 0 Å². The highest BCUT2D eigenvalue weighted by atomic mass is 79.9. The third kappa shape index (κ3) is 4.72. The van der Waals surface area contributed by atoms with Crippen molar-refractivity contribution < 1.29 is 35.9 Å². The van der Waals surface area contributed by atoms with Crippen molar-refractivity contribution >= 4 is 21.9 Å². The SMILES string of the molecule is O=C(OCCC(F)(F)C(F)(F)Br)C(F)F. The van der Waals surface area contributed by atoms with Crippen LogP contribution in [0.3, 0.4) is 0 Å². The first kappa shape index (κ1) is 14.5. The van der Waals surface area contributed by atoms with Gasteiger partial charge in [-0.2, -0.15) is 26.3 Å². The molecule has 0 aliphatic heterocycles. The highest BCUT2D eigenvalue weighted by Gasteiger charge is 2.53. The monoisotopic (exact) mass is 302 g/mol. The molecule has 0 aliphatic rings. The molecule has 0 bridgehead atoms. The van der Waals surface area contributed by atoms with Gasteiger partial charge < -0.3 is 4.74 Å². The van der Waals surface area contributed by atoms with Gasteiger partial charge in [-0.15, -0.1) is 0 Å². The molecular weight excluding hydrogens is 298 g/mol. The minimum atomic E-state index is -4.48. The topological polar surface area (TPSA) is 26.3 Å². The van der Waals surface area contributed by atoms with Gasteiger partial charge in [-0.05, 0) is 15.9 Å². The van der Waals surface area contributed by atoms with E-state index in [-0.39, 0.29) is 0 Å². The van der Waals surface area contributed by atoms with Crippen LogP contribution in [-0.4, -0.2) is 29.8 Å². The van der Waals surface area contributed by atoms with Crippen LogP contribution in [0.4, 0.5) is 26.3 Å². The molecule has 0 aliphatic carbocycles. The van der Waals surface area contributed by atoms with Crippen molar-refractivity contribution in [2.75, 3.05) is 6.61 Å². The summed E-state index contributed by atoms with van der Waals surface area (Å²) in [5.41, 5.74) is 0. The minimum absolute atomic E-state index is 1.21. The Hall–Kier alpha value is -0.470. The first-order valence-corrected chi connectivity index (χ1v) is 4.26. The van der Waals surface area contributed by atoms with E-state index in [2.05, 4.69) is 4.74 Å². The Bertz CT molecular complexity index is 226. The molecule has 2 nitrogen and oxygen atoms in total. The van der Waals surface area contributed by atoms with Crippen molar-refractivity contribution in [1.29, 1.82) is 0 Å². The lowest BCUT2D eigenvalue weighted by Gasteiger charge is -2.20. The number of hydrogen-bond donors (Lipinski definition) is 0. The van der Waals surface area contributed by atoms with Gasteiger partial charge in [0.25, 0.3) is 0 Å². The van der Waals surface area contributed by atoms with Gasteiger partial charge in [0.15, 0.2) is 0 Å². The zero-order valence-electron chi connectivity index (χ0n) is 6.95. The zero-order valence-corrected chi connectivity index (χ0v) is 8.54. The van der Waals surface area contributed by atoms with Crippen LogP contribution in [0.1, 0.15) is 6.42 Å². The van der Waals surface area contributed by atoms with Crippen molar-refractivity contribution in [1.82, 2.24) is 0 Å². The van der Waals surface area contributed by atoms with Crippen LogP contribution in [0.2, 0.25) is 0 Å². The fourth-order valence-corrected chi connectivity index (χ4v) is 0.683. The van der Waals surface area contributed by atoms with E-state index in [0.717, 1.165) is 0 Å². The molecule has 90 valence electrons. The van der Waals surface area contributed by atoms with Crippen molar-refractivity contribution in [2.24, 2.45) is 0 Å². The van der Waals surface area contributed by atoms with Crippen molar-refractivity contribution in [3.8, 4) is 0 Å². The number of carbonyl (C=O) groups is 1. The quantitative estimate of drug-likeness (QED) is 0.443. The van der Waals surface area contributed by atoms with Gasteiger partial charge in [-0.1, -0.05) is 0 Å². The number of halogens is 7. The van der Waals surface area contributed by atoms with Crippen LogP contribution < -0.4 is 0 Å². The summed E-state index contributed by atoms with van der Waals surface area (Å²) in [5, 5.41) is 0. The zero-order chi connectivity index (χ0) is 12.3. The molecule has 9 heteroatoms. The molecule has 0 atom stereocenters. The lowest BCUT2D eigenvalue weighted by molar-refractivity contribution is -0.171. The number of esters is 1. The molecule has 0 N–H and O–H groups in total. The molecule has 0 aromatic heterocycles. The lowest BCUT2D eigenvalue weighted by atomic mass is 10.2. The summed E-state index contributed by atoms with van der Waals surface area (Å²) in [6.07, 6.45) is -5.02. The fraction of sp³-hybridized carbons (Fsp3) is 0.833. The van der Waals surface area contributed by atoms with Gasteiger partial charge in [0.1, 0.15) is 0 Å². The molecular formula is C6H5BrF6O2. The van der Waals surface area contributed by atoms with E-state index in [0.29, 0.717) is 0 Å². The van der Waals surface area contributed by atoms with E-state index in [4.69, 9.17) is 0 Å². The number of ether oxygens (including phenoxy) is 1. The van der Waals surface area contributed by atoms with E-state index in [1.54, 1.807) is 0 Å². The van der Waals surface area contributed by atoms with Gasteiger partial charge in [0, 0.05) is 0 Å². The summed E-state index contributed by atoms with van der Waals surface area (Å²) in [6.45, 7) is -1.21.